The summed E-state index contributed by atoms with van der Waals surface area (Å²) in [4.78, 5) is 7.40. The average Bonchev–Trinajstić information content (AvgIpc) is 3.12. The van der Waals surface area contributed by atoms with Crippen molar-refractivity contribution in [3.05, 3.63) is 0 Å². The SMILES string of the molecule is CCNC(=NCC1CCOC1)N1CC2CCCCC2C1. The molecular formula is C16H29N3O. The van der Waals surface area contributed by atoms with Crippen LogP contribution >= 0.6 is 0 Å². The van der Waals surface area contributed by atoms with Crippen molar-refractivity contribution >= 4 is 5.96 Å². The van der Waals surface area contributed by atoms with Crippen molar-refractivity contribution in [2.24, 2.45) is 22.7 Å². The number of guanidine groups is 1. The Hall–Kier alpha value is -0.770. The van der Waals surface area contributed by atoms with Gasteiger partial charge in [0.2, 0.25) is 0 Å². The number of nitrogens with one attached hydrogen (secondary N) is 1. The molecule has 20 heavy (non-hydrogen) atoms. The van der Waals surface area contributed by atoms with E-state index in [1.165, 1.54) is 45.2 Å². The lowest BCUT2D eigenvalue weighted by molar-refractivity contribution is 0.187. The number of aliphatic imine (C=N–C) groups is 1. The van der Waals surface area contributed by atoms with E-state index in [1.807, 2.05) is 0 Å². The minimum Gasteiger partial charge on any atom is -0.381 e. The number of ether oxygens (including phenoxy) is 1. The molecule has 0 bridgehead atoms. The number of rotatable bonds is 3. The summed E-state index contributed by atoms with van der Waals surface area (Å²) in [7, 11) is 0. The Bertz CT molecular complexity index is 325. The molecule has 3 atom stereocenters. The highest BCUT2D eigenvalue weighted by molar-refractivity contribution is 5.80. The monoisotopic (exact) mass is 279 g/mol. The summed E-state index contributed by atoms with van der Waals surface area (Å²) in [6.45, 7) is 8.31. The topological polar surface area (TPSA) is 36.9 Å². The largest absolute Gasteiger partial charge is 0.381 e. The van der Waals surface area contributed by atoms with E-state index in [1.54, 1.807) is 0 Å². The number of hydrogen-bond donors (Lipinski definition) is 1. The molecule has 1 aliphatic carbocycles. The van der Waals surface area contributed by atoms with E-state index >= 15 is 0 Å². The Morgan fingerprint density at radius 3 is 2.55 bits per heavy atom. The first-order valence-electron chi connectivity index (χ1n) is 8.47. The van der Waals surface area contributed by atoms with Crippen molar-refractivity contribution in [3.8, 4) is 0 Å². The van der Waals surface area contributed by atoms with E-state index in [9.17, 15) is 0 Å². The maximum atomic E-state index is 5.45. The van der Waals surface area contributed by atoms with Crippen LogP contribution in [-0.4, -0.2) is 50.3 Å². The van der Waals surface area contributed by atoms with E-state index in [0.717, 1.165) is 44.1 Å². The molecule has 0 amide bonds. The summed E-state index contributed by atoms with van der Waals surface area (Å²) in [5.41, 5.74) is 0. The van der Waals surface area contributed by atoms with E-state index < -0.39 is 0 Å². The summed E-state index contributed by atoms with van der Waals surface area (Å²) in [6.07, 6.45) is 6.90. The van der Waals surface area contributed by atoms with Gasteiger partial charge in [0, 0.05) is 38.7 Å². The lowest BCUT2D eigenvalue weighted by Gasteiger charge is -2.22. The van der Waals surface area contributed by atoms with Crippen LogP contribution in [0, 0.1) is 17.8 Å². The Labute approximate surface area is 123 Å². The molecule has 114 valence electrons. The molecule has 1 saturated carbocycles. The van der Waals surface area contributed by atoms with Crippen molar-refractivity contribution in [1.29, 1.82) is 0 Å². The molecule has 0 spiro atoms. The van der Waals surface area contributed by atoms with Gasteiger partial charge in [0.25, 0.3) is 0 Å². The summed E-state index contributed by atoms with van der Waals surface area (Å²) in [5, 5.41) is 3.49. The standard InChI is InChI=1S/C16H29N3O/c1-2-17-16(18-9-13-7-8-20-12-13)19-10-14-5-3-4-6-15(14)11-19/h13-15H,2-12H2,1H3,(H,17,18). The van der Waals surface area contributed by atoms with Crippen LogP contribution in [0.1, 0.15) is 39.0 Å². The van der Waals surface area contributed by atoms with Gasteiger partial charge in [-0.2, -0.15) is 0 Å². The summed E-state index contributed by atoms with van der Waals surface area (Å²) in [6, 6.07) is 0. The molecule has 2 aliphatic heterocycles. The minimum absolute atomic E-state index is 0.633. The van der Waals surface area contributed by atoms with Crippen LogP contribution in [0.4, 0.5) is 0 Å². The van der Waals surface area contributed by atoms with Crippen LogP contribution in [0.25, 0.3) is 0 Å². The molecule has 4 nitrogen and oxygen atoms in total. The first-order valence-corrected chi connectivity index (χ1v) is 8.47. The molecular weight excluding hydrogens is 250 g/mol. The Balaban J connectivity index is 1.59. The smallest absolute Gasteiger partial charge is 0.193 e. The highest BCUT2D eigenvalue weighted by Gasteiger charge is 2.35. The van der Waals surface area contributed by atoms with Crippen molar-refractivity contribution in [1.82, 2.24) is 10.2 Å². The van der Waals surface area contributed by atoms with Gasteiger partial charge in [-0.3, -0.25) is 4.99 Å². The van der Waals surface area contributed by atoms with E-state index in [2.05, 4.69) is 17.1 Å². The third-order valence-electron chi connectivity index (χ3n) is 5.13. The van der Waals surface area contributed by atoms with E-state index in [4.69, 9.17) is 9.73 Å². The van der Waals surface area contributed by atoms with Crippen LogP contribution < -0.4 is 5.32 Å². The van der Waals surface area contributed by atoms with Crippen LogP contribution in [0.3, 0.4) is 0 Å². The van der Waals surface area contributed by atoms with Gasteiger partial charge < -0.3 is 15.0 Å². The fourth-order valence-electron chi connectivity index (χ4n) is 3.95. The maximum absolute atomic E-state index is 5.45. The first-order chi connectivity index (χ1) is 9.86. The number of likely N-dealkylation sites (tertiary alicyclic amines) is 1. The highest BCUT2D eigenvalue weighted by Crippen LogP contribution is 2.35. The Morgan fingerprint density at radius 1 is 1.20 bits per heavy atom. The molecule has 1 N–H and O–H groups in total. The molecule has 3 unspecified atom stereocenters. The fraction of sp³-hybridized carbons (Fsp3) is 0.938. The minimum atomic E-state index is 0.633. The molecule has 0 aromatic rings. The van der Waals surface area contributed by atoms with Crippen molar-refractivity contribution in [3.63, 3.8) is 0 Å². The molecule has 3 aliphatic rings. The van der Waals surface area contributed by atoms with Gasteiger partial charge in [-0.25, -0.2) is 0 Å². The zero-order valence-corrected chi connectivity index (χ0v) is 12.8. The molecule has 0 radical (unpaired) electrons. The fourth-order valence-corrected chi connectivity index (χ4v) is 3.95. The van der Waals surface area contributed by atoms with Gasteiger partial charge in [-0.15, -0.1) is 0 Å². The second-order valence-corrected chi connectivity index (χ2v) is 6.63. The van der Waals surface area contributed by atoms with Crippen LogP contribution in [-0.2, 0) is 4.74 Å². The van der Waals surface area contributed by atoms with Gasteiger partial charge in [0.15, 0.2) is 5.96 Å². The van der Waals surface area contributed by atoms with Crippen LogP contribution in [0.15, 0.2) is 4.99 Å². The number of hydrogen-bond acceptors (Lipinski definition) is 2. The molecule has 2 saturated heterocycles. The van der Waals surface area contributed by atoms with Crippen molar-refractivity contribution < 1.29 is 4.74 Å². The summed E-state index contributed by atoms with van der Waals surface area (Å²) in [5.74, 6) is 3.62. The van der Waals surface area contributed by atoms with Gasteiger partial charge in [0.1, 0.15) is 0 Å². The lowest BCUT2D eigenvalue weighted by Crippen LogP contribution is -2.40. The second kappa shape index (κ2) is 6.79. The van der Waals surface area contributed by atoms with Crippen molar-refractivity contribution in [2.75, 3.05) is 39.4 Å². The van der Waals surface area contributed by atoms with Gasteiger partial charge in [0.05, 0.1) is 6.61 Å². The first kappa shape index (κ1) is 14.2. The van der Waals surface area contributed by atoms with E-state index in [-0.39, 0.29) is 0 Å². The second-order valence-electron chi connectivity index (χ2n) is 6.63. The predicted molar refractivity (Wildman–Crippen MR) is 81.9 cm³/mol. The molecule has 0 aromatic heterocycles. The molecule has 0 aromatic carbocycles. The summed E-state index contributed by atoms with van der Waals surface area (Å²) >= 11 is 0. The van der Waals surface area contributed by atoms with E-state index in [0.29, 0.717) is 5.92 Å². The van der Waals surface area contributed by atoms with Crippen LogP contribution in [0.2, 0.25) is 0 Å². The third-order valence-corrected chi connectivity index (χ3v) is 5.13. The van der Waals surface area contributed by atoms with Gasteiger partial charge in [-0.1, -0.05) is 12.8 Å². The third kappa shape index (κ3) is 3.27. The highest BCUT2D eigenvalue weighted by atomic mass is 16.5. The van der Waals surface area contributed by atoms with Gasteiger partial charge in [-0.05, 0) is 38.0 Å². The maximum Gasteiger partial charge on any atom is 0.193 e. The normalized spacial score (nSPS) is 34.4. The zero-order chi connectivity index (χ0) is 13.8. The zero-order valence-electron chi connectivity index (χ0n) is 12.8. The molecule has 2 heterocycles. The predicted octanol–water partition coefficient (Wildman–Crippen LogP) is 2.11. The number of fused-ring (bicyclic) bond motifs is 1. The lowest BCUT2D eigenvalue weighted by atomic mass is 9.82. The Morgan fingerprint density at radius 2 is 1.95 bits per heavy atom. The van der Waals surface area contributed by atoms with Gasteiger partial charge >= 0.3 is 0 Å². The summed E-state index contributed by atoms with van der Waals surface area (Å²) < 4.78 is 5.45. The Kier molecular flexibility index (Phi) is 4.81. The molecule has 3 fully saturated rings. The number of nitrogens with zero attached hydrogens (tertiary/aromatic N) is 2. The quantitative estimate of drug-likeness (QED) is 0.635. The average molecular weight is 279 g/mol. The van der Waals surface area contributed by atoms with Crippen LogP contribution in [0.5, 0.6) is 0 Å². The molecule has 4 heteroatoms. The molecule has 3 rings (SSSR count). The van der Waals surface area contributed by atoms with Crippen molar-refractivity contribution in [2.45, 2.75) is 39.0 Å².